The lowest BCUT2D eigenvalue weighted by atomic mass is 10.1. The molecule has 8 heteroatoms. The second-order valence-corrected chi connectivity index (χ2v) is 7.31. The van der Waals surface area contributed by atoms with Crippen molar-refractivity contribution in [3.63, 3.8) is 0 Å². The van der Waals surface area contributed by atoms with Gasteiger partial charge < -0.3 is 29.3 Å². The molecule has 0 saturated carbocycles. The summed E-state index contributed by atoms with van der Waals surface area (Å²) in [6.45, 7) is 4.06. The summed E-state index contributed by atoms with van der Waals surface area (Å²) in [6.07, 6.45) is 0. The van der Waals surface area contributed by atoms with E-state index in [9.17, 15) is 9.59 Å². The summed E-state index contributed by atoms with van der Waals surface area (Å²) in [5.74, 6) is -0.0535. The van der Waals surface area contributed by atoms with Crippen LogP contribution >= 0.6 is 0 Å². The molecule has 0 aliphatic carbocycles. The zero-order chi connectivity index (χ0) is 22.2. The van der Waals surface area contributed by atoms with Gasteiger partial charge >= 0.3 is 12.0 Å². The number of ether oxygens (including phenoxy) is 3. The van der Waals surface area contributed by atoms with Gasteiger partial charge in [-0.25, -0.2) is 9.59 Å². The highest BCUT2D eigenvalue weighted by molar-refractivity contribution is 5.92. The van der Waals surface area contributed by atoms with E-state index in [0.717, 1.165) is 37.4 Å². The Kier molecular flexibility index (Phi) is 7.72. The number of amides is 2. The zero-order valence-electron chi connectivity index (χ0n) is 18.2. The van der Waals surface area contributed by atoms with Gasteiger partial charge in [-0.2, -0.15) is 0 Å². The summed E-state index contributed by atoms with van der Waals surface area (Å²) in [5, 5.41) is 2.88. The molecule has 0 bridgehead atoms. The summed E-state index contributed by atoms with van der Waals surface area (Å²) < 4.78 is 15.4. The Balaban J connectivity index is 1.54. The predicted molar refractivity (Wildman–Crippen MR) is 118 cm³/mol. The SMILES string of the molecule is COC(=O)c1cc(CNC(=O)N(C)Cc2ccc(N3CCOCC3)cc2)ccc1OC. The minimum absolute atomic E-state index is 0.201. The molecule has 0 radical (unpaired) electrons. The number of carbonyl (C=O) groups is 2. The first-order valence-electron chi connectivity index (χ1n) is 10.2. The molecular formula is C23H29N3O5. The molecule has 166 valence electrons. The van der Waals surface area contributed by atoms with E-state index in [2.05, 4.69) is 22.3 Å². The molecule has 8 nitrogen and oxygen atoms in total. The molecule has 31 heavy (non-hydrogen) atoms. The highest BCUT2D eigenvalue weighted by atomic mass is 16.5. The van der Waals surface area contributed by atoms with Crippen molar-refractivity contribution in [1.82, 2.24) is 10.2 Å². The number of methoxy groups -OCH3 is 2. The lowest BCUT2D eigenvalue weighted by Crippen LogP contribution is -2.36. The minimum Gasteiger partial charge on any atom is -0.496 e. The number of hydrogen-bond donors (Lipinski definition) is 1. The molecule has 1 N–H and O–H groups in total. The van der Waals surface area contributed by atoms with Crippen molar-refractivity contribution >= 4 is 17.7 Å². The highest BCUT2D eigenvalue weighted by Crippen LogP contribution is 2.21. The lowest BCUT2D eigenvalue weighted by molar-refractivity contribution is 0.0597. The number of carbonyl (C=O) groups excluding carboxylic acids is 2. The average molecular weight is 428 g/mol. The van der Waals surface area contributed by atoms with Gasteiger partial charge in [0.15, 0.2) is 0 Å². The van der Waals surface area contributed by atoms with Crippen molar-refractivity contribution in [3.8, 4) is 5.75 Å². The van der Waals surface area contributed by atoms with Gasteiger partial charge in [0.25, 0.3) is 0 Å². The van der Waals surface area contributed by atoms with Gasteiger partial charge in [0, 0.05) is 38.9 Å². The minimum atomic E-state index is -0.484. The molecule has 1 fully saturated rings. The average Bonchev–Trinajstić information content (AvgIpc) is 2.82. The number of benzene rings is 2. The zero-order valence-corrected chi connectivity index (χ0v) is 18.2. The van der Waals surface area contributed by atoms with Crippen molar-refractivity contribution in [1.29, 1.82) is 0 Å². The molecule has 2 amide bonds. The monoisotopic (exact) mass is 427 g/mol. The Morgan fingerprint density at radius 2 is 1.74 bits per heavy atom. The van der Waals surface area contributed by atoms with E-state index in [1.165, 1.54) is 19.9 Å². The van der Waals surface area contributed by atoms with Crippen LogP contribution in [0.25, 0.3) is 0 Å². The van der Waals surface area contributed by atoms with Crippen LogP contribution in [-0.2, 0) is 22.6 Å². The molecule has 1 aliphatic rings. The molecule has 2 aromatic rings. The van der Waals surface area contributed by atoms with Crippen LogP contribution in [0.5, 0.6) is 5.75 Å². The van der Waals surface area contributed by atoms with Crippen LogP contribution in [0.3, 0.4) is 0 Å². The molecule has 0 spiro atoms. The first kappa shape index (κ1) is 22.4. The standard InChI is InChI=1S/C23H29N3O5/c1-25(16-17-4-7-19(8-5-17)26-10-12-31-13-11-26)23(28)24-15-18-6-9-21(29-2)20(14-18)22(27)30-3/h4-9,14H,10-13,15-16H2,1-3H3,(H,24,28). The van der Waals surface area contributed by atoms with Gasteiger partial charge in [0.1, 0.15) is 11.3 Å². The van der Waals surface area contributed by atoms with Gasteiger partial charge in [-0.05, 0) is 35.4 Å². The fourth-order valence-electron chi connectivity index (χ4n) is 3.43. The summed E-state index contributed by atoms with van der Waals surface area (Å²) in [5.41, 5.74) is 3.32. The van der Waals surface area contributed by atoms with Gasteiger partial charge in [-0.1, -0.05) is 18.2 Å². The van der Waals surface area contributed by atoms with Crippen molar-refractivity contribution < 1.29 is 23.8 Å². The number of esters is 1. The van der Waals surface area contributed by atoms with E-state index in [4.69, 9.17) is 14.2 Å². The number of nitrogens with one attached hydrogen (secondary N) is 1. The van der Waals surface area contributed by atoms with Crippen molar-refractivity contribution in [2.24, 2.45) is 0 Å². The number of hydrogen-bond acceptors (Lipinski definition) is 6. The fraction of sp³-hybridized carbons (Fsp3) is 0.391. The third kappa shape index (κ3) is 5.88. The van der Waals surface area contributed by atoms with E-state index in [1.807, 2.05) is 12.1 Å². The second-order valence-electron chi connectivity index (χ2n) is 7.31. The molecule has 3 rings (SSSR count). The maximum absolute atomic E-state index is 12.5. The van der Waals surface area contributed by atoms with Crippen LogP contribution in [0, 0.1) is 0 Å². The molecule has 0 aromatic heterocycles. The Morgan fingerprint density at radius 3 is 2.39 bits per heavy atom. The molecule has 1 heterocycles. The maximum Gasteiger partial charge on any atom is 0.341 e. The Bertz CT molecular complexity index is 895. The summed E-state index contributed by atoms with van der Waals surface area (Å²) >= 11 is 0. The molecule has 0 atom stereocenters. The van der Waals surface area contributed by atoms with Gasteiger partial charge in [-0.15, -0.1) is 0 Å². The number of morpholine rings is 1. The van der Waals surface area contributed by atoms with Crippen LogP contribution in [0.15, 0.2) is 42.5 Å². The molecule has 0 unspecified atom stereocenters. The smallest absolute Gasteiger partial charge is 0.341 e. The normalized spacial score (nSPS) is 13.5. The van der Waals surface area contributed by atoms with Crippen LogP contribution in [0.2, 0.25) is 0 Å². The molecule has 1 aliphatic heterocycles. The van der Waals surface area contributed by atoms with Crippen molar-refractivity contribution in [2.75, 3.05) is 52.5 Å². The van der Waals surface area contributed by atoms with Gasteiger partial charge in [-0.3, -0.25) is 0 Å². The first-order valence-corrected chi connectivity index (χ1v) is 10.2. The van der Waals surface area contributed by atoms with Crippen LogP contribution < -0.4 is 15.0 Å². The highest BCUT2D eigenvalue weighted by Gasteiger charge is 2.15. The number of nitrogens with zero attached hydrogens (tertiary/aromatic N) is 2. The van der Waals surface area contributed by atoms with E-state index in [-0.39, 0.29) is 12.6 Å². The first-order chi connectivity index (χ1) is 15.0. The van der Waals surface area contributed by atoms with E-state index >= 15 is 0 Å². The Labute approximate surface area is 182 Å². The third-order valence-corrected chi connectivity index (χ3v) is 5.19. The third-order valence-electron chi connectivity index (χ3n) is 5.19. The molecule has 1 saturated heterocycles. The van der Waals surface area contributed by atoms with E-state index < -0.39 is 5.97 Å². The summed E-state index contributed by atoms with van der Waals surface area (Å²) in [6, 6.07) is 13.2. The van der Waals surface area contributed by atoms with Crippen LogP contribution in [-0.4, -0.2) is 64.5 Å². The van der Waals surface area contributed by atoms with Crippen molar-refractivity contribution in [3.05, 3.63) is 59.2 Å². The number of rotatable bonds is 7. The number of anilines is 1. The topological polar surface area (TPSA) is 80.3 Å². The van der Waals surface area contributed by atoms with Gasteiger partial charge in [0.05, 0.1) is 27.4 Å². The predicted octanol–water partition coefficient (Wildman–Crippen LogP) is 2.66. The van der Waals surface area contributed by atoms with Crippen LogP contribution in [0.1, 0.15) is 21.5 Å². The van der Waals surface area contributed by atoms with Crippen LogP contribution in [0.4, 0.5) is 10.5 Å². The van der Waals surface area contributed by atoms with Gasteiger partial charge in [0.2, 0.25) is 0 Å². The molecule has 2 aromatic carbocycles. The molecular weight excluding hydrogens is 398 g/mol. The second kappa shape index (κ2) is 10.7. The fourth-order valence-corrected chi connectivity index (χ4v) is 3.43. The van der Waals surface area contributed by atoms with Crippen molar-refractivity contribution in [2.45, 2.75) is 13.1 Å². The quantitative estimate of drug-likeness (QED) is 0.685. The number of urea groups is 1. The maximum atomic E-state index is 12.5. The summed E-state index contributed by atoms with van der Waals surface area (Å²) in [7, 11) is 4.56. The Morgan fingerprint density at radius 1 is 1.06 bits per heavy atom. The van der Waals surface area contributed by atoms with E-state index in [1.54, 1.807) is 30.1 Å². The lowest BCUT2D eigenvalue weighted by Gasteiger charge is -2.29. The Hall–Kier alpha value is -3.26. The largest absolute Gasteiger partial charge is 0.496 e. The van der Waals surface area contributed by atoms with E-state index in [0.29, 0.717) is 17.9 Å². The summed E-state index contributed by atoms with van der Waals surface area (Å²) in [4.78, 5) is 28.3.